The first-order valence-electron chi connectivity index (χ1n) is 4.80. The predicted molar refractivity (Wildman–Crippen MR) is 56.8 cm³/mol. The minimum Gasteiger partial charge on any atom is -0.493 e. The maximum atomic E-state index is 12.5. The van der Waals surface area contributed by atoms with Crippen LogP contribution < -0.4 is 4.74 Å². The molecule has 1 aromatic rings. The van der Waals surface area contributed by atoms with Gasteiger partial charge in [-0.15, -0.1) is 11.6 Å². The lowest BCUT2D eigenvalue weighted by molar-refractivity contribution is -0.139. The van der Waals surface area contributed by atoms with E-state index in [4.69, 9.17) is 16.3 Å². The average molecular weight is 253 g/mol. The van der Waals surface area contributed by atoms with Crippen LogP contribution in [0.25, 0.3) is 0 Å². The zero-order valence-corrected chi connectivity index (χ0v) is 9.48. The van der Waals surface area contributed by atoms with Gasteiger partial charge in [0.15, 0.2) is 0 Å². The molecule has 0 radical (unpaired) electrons. The average Bonchev–Trinajstić information content (AvgIpc) is 2.25. The van der Waals surface area contributed by atoms with Crippen molar-refractivity contribution < 1.29 is 17.9 Å². The van der Waals surface area contributed by atoms with Crippen LogP contribution in [-0.2, 0) is 6.18 Å². The second kappa shape index (κ2) is 5.43. The largest absolute Gasteiger partial charge is 0.493 e. The molecule has 0 fully saturated rings. The minimum absolute atomic E-state index is 0.0166. The molecule has 0 aromatic heterocycles. The third kappa shape index (κ3) is 3.59. The van der Waals surface area contributed by atoms with Gasteiger partial charge in [0.25, 0.3) is 0 Å². The Balaban J connectivity index is 2.80. The molecule has 0 saturated heterocycles. The molecule has 0 aliphatic heterocycles. The van der Waals surface area contributed by atoms with Crippen molar-refractivity contribution in [3.63, 3.8) is 0 Å². The molecule has 1 unspecified atom stereocenters. The number of para-hydroxylation sites is 1. The normalized spacial score (nSPS) is 13.6. The van der Waals surface area contributed by atoms with E-state index in [0.717, 1.165) is 6.07 Å². The molecular weight excluding hydrogens is 241 g/mol. The molecule has 90 valence electrons. The van der Waals surface area contributed by atoms with E-state index < -0.39 is 11.7 Å². The van der Waals surface area contributed by atoms with Crippen LogP contribution in [0.4, 0.5) is 13.2 Å². The van der Waals surface area contributed by atoms with Crippen LogP contribution in [0, 0.1) is 5.92 Å². The third-order valence-electron chi connectivity index (χ3n) is 1.98. The van der Waals surface area contributed by atoms with Crippen LogP contribution in [0.1, 0.15) is 12.5 Å². The van der Waals surface area contributed by atoms with Crippen LogP contribution in [0.2, 0.25) is 0 Å². The molecule has 0 bridgehead atoms. The molecule has 0 spiro atoms. The van der Waals surface area contributed by atoms with Crippen molar-refractivity contribution in [2.45, 2.75) is 13.1 Å². The molecule has 0 aliphatic rings. The monoisotopic (exact) mass is 252 g/mol. The van der Waals surface area contributed by atoms with Gasteiger partial charge < -0.3 is 4.74 Å². The second-order valence-corrected chi connectivity index (χ2v) is 3.87. The Kier molecular flexibility index (Phi) is 4.47. The highest BCUT2D eigenvalue weighted by molar-refractivity contribution is 6.18. The molecule has 0 amide bonds. The van der Waals surface area contributed by atoms with Crippen molar-refractivity contribution in [1.29, 1.82) is 0 Å². The standard InChI is InChI=1S/C11H12ClF3O/c1-8(6-12)7-16-10-5-3-2-4-9(10)11(13,14)15/h2-5,8H,6-7H2,1H3. The smallest absolute Gasteiger partial charge is 0.419 e. The Bertz CT molecular complexity index is 338. The topological polar surface area (TPSA) is 9.23 Å². The number of ether oxygens (including phenoxy) is 1. The van der Waals surface area contributed by atoms with Crippen LogP contribution in [0.3, 0.4) is 0 Å². The van der Waals surface area contributed by atoms with E-state index in [1.807, 2.05) is 6.92 Å². The summed E-state index contributed by atoms with van der Waals surface area (Å²) in [6, 6.07) is 5.15. The van der Waals surface area contributed by atoms with Crippen LogP contribution in [0.5, 0.6) is 5.75 Å². The summed E-state index contributed by atoms with van der Waals surface area (Å²) in [5.74, 6) is 0.226. The maximum Gasteiger partial charge on any atom is 0.419 e. The number of hydrogen-bond donors (Lipinski definition) is 0. The van der Waals surface area contributed by atoms with E-state index in [2.05, 4.69) is 0 Å². The van der Waals surface area contributed by atoms with Gasteiger partial charge in [0, 0.05) is 11.8 Å². The number of hydrogen-bond acceptors (Lipinski definition) is 1. The van der Waals surface area contributed by atoms with Crippen LogP contribution >= 0.6 is 11.6 Å². The summed E-state index contributed by atoms with van der Waals surface area (Å²) in [7, 11) is 0. The lowest BCUT2D eigenvalue weighted by Crippen LogP contribution is -2.13. The molecule has 1 aromatic carbocycles. The van der Waals surface area contributed by atoms with Gasteiger partial charge in [-0.25, -0.2) is 0 Å². The molecule has 0 N–H and O–H groups in total. The minimum atomic E-state index is -4.39. The molecule has 5 heteroatoms. The van der Waals surface area contributed by atoms with Gasteiger partial charge in [0.1, 0.15) is 5.75 Å². The highest BCUT2D eigenvalue weighted by atomic mass is 35.5. The van der Waals surface area contributed by atoms with Crippen molar-refractivity contribution in [3.05, 3.63) is 29.8 Å². The molecule has 0 saturated carbocycles. The van der Waals surface area contributed by atoms with Crippen molar-refractivity contribution in [2.24, 2.45) is 5.92 Å². The van der Waals surface area contributed by atoms with Crippen molar-refractivity contribution >= 4 is 11.6 Å². The van der Waals surface area contributed by atoms with E-state index >= 15 is 0 Å². The fourth-order valence-electron chi connectivity index (χ4n) is 1.10. The molecule has 0 heterocycles. The highest BCUT2D eigenvalue weighted by Crippen LogP contribution is 2.35. The van der Waals surface area contributed by atoms with Crippen LogP contribution in [-0.4, -0.2) is 12.5 Å². The summed E-state index contributed by atoms with van der Waals surface area (Å²) < 4.78 is 42.8. The first kappa shape index (κ1) is 13.2. The molecule has 1 rings (SSSR count). The van der Waals surface area contributed by atoms with Crippen LogP contribution in [0.15, 0.2) is 24.3 Å². The van der Waals surface area contributed by atoms with Gasteiger partial charge in [-0.2, -0.15) is 13.2 Å². The van der Waals surface area contributed by atoms with Crippen molar-refractivity contribution in [3.8, 4) is 5.75 Å². The number of rotatable bonds is 4. The fraction of sp³-hybridized carbons (Fsp3) is 0.455. The Hall–Kier alpha value is -0.900. The summed E-state index contributed by atoms with van der Waals surface area (Å²) >= 11 is 5.55. The third-order valence-corrected chi connectivity index (χ3v) is 2.51. The summed E-state index contributed by atoms with van der Waals surface area (Å²) in [6.07, 6.45) is -4.39. The first-order valence-corrected chi connectivity index (χ1v) is 5.33. The predicted octanol–water partition coefficient (Wildman–Crippen LogP) is 3.96. The van der Waals surface area contributed by atoms with E-state index in [9.17, 15) is 13.2 Å². The SMILES string of the molecule is CC(CCl)COc1ccccc1C(F)(F)F. The van der Waals surface area contributed by atoms with Gasteiger partial charge in [0.05, 0.1) is 12.2 Å². The second-order valence-electron chi connectivity index (χ2n) is 3.56. The Morgan fingerprint density at radius 3 is 2.50 bits per heavy atom. The lowest BCUT2D eigenvalue weighted by Gasteiger charge is -2.15. The summed E-state index contributed by atoms with van der Waals surface area (Å²) in [5, 5.41) is 0. The quantitative estimate of drug-likeness (QED) is 0.737. The van der Waals surface area contributed by atoms with E-state index in [1.54, 1.807) is 0 Å². The van der Waals surface area contributed by atoms with Crippen molar-refractivity contribution in [2.75, 3.05) is 12.5 Å². The molecule has 16 heavy (non-hydrogen) atoms. The molecule has 1 atom stereocenters. The maximum absolute atomic E-state index is 12.5. The summed E-state index contributed by atoms with van der Waals surface area (Å²) in [5.41, 5.74) is -0.753. The van der Waals surface area contributed by atoms with Gasteiger partial charge in [-0.1, -0.05) is 19.1 Å². The van der Waals surface area contributed by atoms with Gasteiger partial charge >= 0.3 is 6.18 Å². The Morgan fingerprint density at radius 1 is 1.31 bits per heavy atom. The molecule has 1 nitrogen and oxygen atoms in total. The van der Waals surface area contributed by atoms with Gasteiger partial charge in [-0.3, -0.25) is 0 Å². The molecular formula is C11H12ClF3O. The zero-order valence-electron chi connectivity index (χ0n) is 8.72. The molecule has 0 aliphatic carbocycles. The van der Waals surface area contributed by atoms with E-state index in [-0.39, 0.29) is 18.3 Å². The first-order chi connectivity index (χ1) is 7.45. The lowest BCUT2D eigenvalue weighted by atomic mass is 10.2. The highest BCUT2D eigenvalue weighted by Gasteiger charge is 2.34. The zero-order chi connectivity index (χ0) is 12.2. The van der Waals surface area contributed by atoms with Gasteiger partial charge in [0.2, 0.25) is 0 Å². The Morgan fingerprint density at radius 2 is 1.94 bits per heavy atom. The van der Waals surface area contributed by atoms with E-state index in [1.165, 1.54) is 18.2 Å². The Labute approximate surface area is 97.2 Å². The summed E-state index contributed by atoms with van der Waals surface area (Å²) in [6.45, 7) is 1.99. The van der Waals surface area contributed by atoms with E-state index in [0.29, 0.717) is 5.88 Å². The fourth-order valence-corrected chi connectivity index (χ4v) is 1.19. The summed E-state index contributed by atoms with van der Waals surface area (Å²) in [4.78, 5) is 0. The number of benzene rings is 1. The number of alkyl halides is 4. The van der Waals surface area contributed by atoms with Crippen molar-refractivity contribution in [1.82, 2.24) is 0 Å². The van der Waals surface area contributed by atoms with Gasteiger partial charge in [-0.05, 0) is 12.1 Å². The number of halogens is 4.